The third-order valence-corrected chi connectivity index (χ3v) is 5.88. The normalized spacial score (nSPS) is 16.4. The molecule has 1 amide bonds. The van der Waals surface area contributed by atoms with Crippen LogP contribution >= 0.6 is 0 Å². The van der Waals surface area contributed by atoms with E-state index in [0.717, 1.165) is 0 Å². The molecule has 0 radical (unpaired) electrons. The molecule has 0 aromatic heterocycles. The minimum Gasteiger partial charge on any atom is -0.507 e. The van der Waals surface area contributed by atoms with Crippen molar-refractivity contribution in [2.24, 2.45) is 0 Å². The maximum atomic E-state index is 13.4. The Kier molecular flexibility index (Phi) is 7.15. The summed E-state index contributed by atoms with van der Waals surface area (Å²) in [6.07, 6.45) is 0. The van der Waals surface area contributed by atoms with Gasteiger partial charge in [-0.3, -0.25) is 19.3 Å². The van der Waals surface area contributed by atoms with Gasteiger partial charge in [0.15, 0.2) is 0 Å². The van der Waals surface area contributed by atoms with Gasteiger partial charge in [0.25, 0.3) is 11.7 Å². The Labute approximate surface area is 213 Å². The molecule has 1 unspecified atom stereocenters. The number of ether oxygens (including phenoxy) is 4. The summed E-state index contributed by atoms with van der Waals surface area (Å²) in [5.74, 6) is -1.25. The summed E-state index contributed by atoms with van der Waals surface area (Å²) >= 11 is 0. The van der Waals surface area contributed by atoms with E-state index in [9.17, 15) is 19.5 Å². The number of Topliss-reactive ketones (excluding diaryl/α,β-unsaturated/α-hetero) is 1. The number of carbonyl (C=O) groups is 3. The lowest BCUT2D eigenvalue weighted by molar-refractivity contribution is -0.132. The minimum absolute atomic E-state index is 0.156. The number of hydrogen-bond donors (Lipinski definition) is 1. The lowest BCUT2D eigenvalue weighted by Crippen LogP contribution is -2.29. The van der Waals surface area contributed by atoms with Crippen LogP contribution in [0.1, 0.15) is 24.1 Å². The van der Waals surface area contributed by atoms with Gasteiger partial charge < -0.3 is 24.1 Å². The highest BCUT2D eigenvalue weighted by molar-refractivity contribution is 6.51. The number of ketones is 1. The molecule has 0 saturated carbocycles. The van der Waals surface area contributed by atoms with E-state index in [-0.39, 0.29) is 22.6 Å². The Balaban J connectivity index is 1.97. The molecule has 0 aliphatic carbocycles. The maximum absolute atomic E-state index is 13.4. The van der Waals surface area contributed by atoms with Crippen molar-refractivity contribution < 1.29 is 38.4 Å². The van der Waals surface area contributed by atoms with Crippen molar-refractivity contribution in [1.82, 2.24) is 0 Å². The van der Waals surface area contributed by atoms with Gasteiger partial charge in [0, 0.05) is 24.7 Å². The van der Waals surface area contributed by atoms with E-state index in [1.54, 1.807) is 60.7 Å². The molecule has 1 fully saturated rings. The van der Waals surface area contributed by atoms with Crippen LogP contribution in [0.15, 0.2) is 72.3 Å². The molecule has 1 aliphatic heterocycles. The van der Waals surface area contributed by atoms with Crippen molar-refractivity contribution in [2.75, 3.05) is 26.2 Å². The van der Waals surface area contributed by atoms with Crippen LogP contribution in [0, 0.1) is 0 Å². The van der Waals surface area contributed by atoms with E-state index in [0.29, 0.717) is 22.7 Å². The van der Waals surface area contributed by atoms with Crippen LogP contribution in [-0.2, 0) is 14.4 Å². The molecule has 3 aromatic carbocycles. The first kappa shape index (κ1) is 25.3. The summed E-state index contributed by atoms with van der Waals surface area (Å²) in [6.45, 7) is 1.27. The van der Waals surface area contributed by atoms with Gasteiger partial charge in [0.05, 0.1) is 38.5 Å². The van der Waals surface area contributed by atoms with Crippen molar-refractivity contribution in [2.45, 2.75) is 13.0 Å². The van der Waals surface area contributed by atoms with Gasteiger partial charge in [-0.05, 0) is 42.0 Å². The van der Waals surface area contributed by atoms with Gasteiger partial charge in [-0.15, -0.1) is 0 Å². The molecule has 190 valence electrons. The molecule has 1 heterocycles. The third kappa shape index (κ3) is 4.84. The Morgan fingerprint density at radius 3 is 2.19 bits per heavy atom. The van der Waals surface area contributed by atoms with Gasteiger partial charge in [-0.25, -0.2) is 0 Å². The second kappa shape index (κ2) is 10.4. The van der Waals surface area contributed by atoms with E-state index in [1.807, 2.05) is 0 Å². The highest BCUT2D eigenvalue weighted by Gasteiger charge is 2.47. The van der Waals surface area contributed by atoms with Crippen molar-refractivity contribution in [3.63, 3.8) is 0 Å². The fourth-order valence-electron chi connectivity index (χ4n) is 4.23. The first-order valence-electron chi connectivity index (χ1n) is 11.2. The third-order valence-electron chi connectivity index (χ3n) is 5.88. The van der Waals surface area contributed by atoms with Crippen molar-refractivity contribution in [3.05, 3.63) is 83.4 Å². The number of benzene rings is 3. The van der Waals surface area contributed by atoms with Crippen molar-refractivity contribution in [3.8, 4) is 23.0 Å². The first-order chi connectivity index (χ1) is 17.8. The highest BCUT2D eigenvalue weighted by Crippen LogP contribution is 2.44. The van der Waals surface area contributed by atoms with Crippen LogP contribution in [0.2, 0.25) is 0 Å². The zero-order valence-corrected chi connectivity index (χ0v) is 20.7. The van der Waals surface area contributed by atoms with Crippen molar-refractivity contribution in [1.29, 1.82) is 0 Å². The number of amides is 1. The summed E-state index contributed by atoms with van der Waals surface area (Å²) in [5, 5.41) is 11.4. The lowest BCUT2D eigenvalue weighted by Gasteiger charge is -2.26. The molecular formula is C28H25NO8. The molecular weight excluding hydrogens is 478 g/mol. The molecule has 1 atom stereocenters. The molecule has 1 N–H and O–H groups in total. The number of aliphatic hydroxyl groups is 1. The second-order valence-corrected chi connectivity index (χ2v) is 8.10. The topological polar surface area (TPSA) is 112 Å². The number of hydrogen-bond acceptors (Lipinski definition) is 8. The van der Waals surface area contributed by atoms with Gasteiger partial charge in [-0.1, -0.05) is 18.2 Å². The van der Waals surface area contributed by atoms with Crippen LogP contribution in [0.4, 0.5) is 5.69 Å². The van der Waals surface area contributed by atoms with Crippen LogP contribution in [0.3, 0.4) is 0 Å². The maximum Gasteiger partial charge on any atom is 0.308 e. The quantitative estimate of drug-likeness (QED) is 0.167. The van der Waals surface area contributed by atoms with Gasteiger partial charge >= 0.3 is 5.97 Å². The van der Waals surface area contributed by atoms with E-state index in [1.165, 1.54) is 39.2 Å². The lowest BCUT2D eigenvalue weighted by atomic mass is 9.94. The fraction of sp³-hybridized carbons (Fsp3) is 0.179. The standard InChI is InChI=1S/C28H25NO8/c1-16(30)37-21-10-5-7-17(13-21)25-24(26(31)22-12-11-20(35-3)15-23(22)36-4)27(32)28(33)29(25)18-8-6-9-19(14-18)34-2/h5-15,25,31H,1-4H3/b26-24+. The molecule has 9 heteroatoms. The number of esters is 1. The van der Waals surface area contributed by atoms with Gasteiger partial charge in [-0.2, -0.15) is 0 Å². The molecule has 0 spiro atoms. The van der Waals surface area contributed by atoms with E-state index in [2.05, 4.69) is 0 Å². The Hall–Kier alpha value is -4.79. The second-order valence-electron chi connectivity index (χ2n) is 8.10. The summed E-state index contributed by atoms with van der Waals surface area (Å²) < 4.78 is 21.2. The number of carbonyl (C=O) groups excluding carboxylic acids is 3. The smallest absolute Gasteiger partial charge is 0.308 e. The van der Waals surface area contributed by atoms with Gasteiger partial charge in [0.1, 0.15) is 28.8 Å². The summed E-state index contributed by atoms with van der Waals surface area (Å²) in [5.41, 5.74) is 0.865. The summed E-state index contributed by atoms with van der Waals surface area (Å²) in [6, 6.07) is 16.8. The number of methoxy groups -OCH3 is 3. The molecule has 37 heavy (non-hydrogen) atoms. The average Bonchev–Trinajstić information content (AvgIpc) is 3.17. The SMILES string of the molecule is COc1cccc(N2C(=O)C(=O)/C(=C(/O)c3ccc(OC)cc3OC)C2c2cccc(OC(C)=O)c2)c1. The summed E-state index contributed by atoms with van der Waals surface area (Å²) in [7, 11) is 4.40. The van der Waals surface area contributed by atoms with Crippen LogP contribution in [0.25, 0.3) is 5.76 Å². The predicted molar refractivity (Wildman–Crippen MR) is 135 cm³/mol. The molecule has 9 nitrogen and oxygen atoms in total. The van der Waals surface area contributed by atoms with Crippen LogP contribution in [0.5, 0.6) is 23.0 Å². The van der Waals surface area contributed by atoms with E-state index >= 15 is 0 Å². The first-order valence-corrected chi connectivity index (χ1v) is 11.2. The van der Waals surface area contributed by atoms with Crippen LogP contribution < -0.4 is 23.8 Å². The molecule has 3 aromatic rings. The monoisotopic (exact) mass is 503 g/mol. The molecule has 1 aliphatic rings. The molecule has 1 saturated heterocycles. The number of anilines is 1. The zero-order chi connectivity index (χ0) is 26.7. The Morgan fingerprint density at radius 2 is 1.51 bits per heavy atom. The van der Waals surface area contributed by atoms with E-state index in [4.69, 9.17) is 18.9 Å². The van der Waals surface area contributed by atoms with E-state index < -0.39 is 29.5 Å². The largest absolute Gasteiger partial charge is 0.507 e. The average molecular weight is 504 g/mol. The Bertz CT molecular complexity index is 1410. The van der Waals surface area contributed by atoms with Gasteiger partial charge in [0.2, 0.25) is 0 Å². The fourth-order valence-corrected chi connectivity index (χ4v) is 4.23. The van der Waals surface area contributed by atoms with Crippen molar-refractivity contribution >= 4 is 29.1 Å². The Morgan fingerprint density at radius 1 is 0.838 bits per heavy atom. The minimum atomic E-state index is -1.05. The number of nitrogens with zero attached hydrogens (tertiary/aromatic N) is 1. The number of aliphatic hydroxyl groups excluding tert-OH is 1. The molecule has 0 bridgehead atoms. The predicted octanol–water partition coefficient (Wildman–Crippen LogP) is 4.26. The number of rotatable bonds is 7. The molecule has 4 rings (SSSR count). The van der Waals surface area contributed by atoms with Crippen LogP contribution in [-0.4, -0.2) is 44.1 Å². The summed E-state index contributed by atoms with van der Waals surface area (Å²) in [4.78, 5) is 39.7. The zero-order valence-electron chi connectivity index (χ0n) is 20.7. The highest BCUT2D eigenvalue weighted by atomic mass is 16.5.